The van der Waals surface area contributed by atoms with E-state index >= 15 is 0 Å². The summed E-state index contributed by atoms with van der Waals surface area (Å²) in [6.45, 7) is 1.26. The smallest absolute Gasteiger partial charge is 0.235 e. The number of nitrogens with zero attached hydrogens (tertiary/aromatic N) is 2. The molecule has 0 saturated carbocycles. The van der Waals surface area contributed by atoms with Crippen LogP contribution in [0.5, 0.6) is 0 Å². The fourth-order valence-corrected chi connectivity index (χ4v) is 3.60. The molecule has 1 fully saturated rings. The van der Waals surface area contributed by atoms with E-state index < -0.39 is 5.41 Å². The van der Waals surface area contributed by atoms with E-state index in [0.29, 0.717) is 43.4 Å². The van der Waals surface area contributed by atoms with Crippen molar-refractivity contribution in [3.63, 3.8) is 0 Å². The summed E-state index contributed by atoms with van der Waals surface area (Å²) in [6, 6.07) is 13.4. The molecule has 3 aromatic rings. The molecule has 1 amide bonds. The minimum absolute atomic E-state index is 0. The molecular weight excluding hydrogens is 409 g/mol. The number of nitrogens with one attached hydrogen (secondary N) is 2. The van der Waals surface area contributed by atoms with Crippen LogP contribution < -0.4 is 11.1 Å². The van der Waals surface area contributed by atoms with Crippen LogP contribution in [0.1, 0.15) is 24.2 Å². The highest BCUT2D eigenvalue weighted by atomic mass is 35.5. The highest BCUT2D eigenvalue weighted by molar-refractivity contribution is 5.99. The molecule has 2 aromatic carbocycles. The molecule has 4 rings (SSSR count). The molecule has 4 N–H and O–H groups in total. The van der Waals surface area contributed by atoms with E-state index in [1.54, 1.807) is 12.1 Å². The molecule has 9 heteroatoms. The number of rotatable bonds is 5. The minimum atomic E-state index is -0.746. The molecule has 0 bridgehead atoms. The highest BCUT2D eigenvalue weighted by Gasteiger charge is 2.41. The maximum Gasteiger partial charge on any atom is 0.235 e. The Hall–Kier alpha value is -2.81. The normalized spacial score (nSPS) is 15.3. The molecule has 30 heavy (non-hydrogen) atoms. The topological polar surface area (TPSA) is 106 Å². The van der Waals surface area contributed by atoms with Crippen molar-refractivity contribution in [1.82, 2.24) is 15.2 Å². The zero-order valence-corrected chi connectivity index (χ0v) is 17.0. The lowest BCUT2D eigenvalue weighted by molar-refractivity contribution is -0.125. The zero-order valence-electron chi connectivity index (χ0n) is 16.2. The number of halogens is 2. The van der Waals surface area contributed by atoms with Crippen molar-refractivity contribution in [2.24, 2.45) is 5.73 Å². The second-order valence-electron chi connectivity index (χ2n) is 7.04. The Kier molecular flexibility index (Phi) is 6.81. The molecule has 0 unspecified atom stereocenters. The van der Waals surface area contributed by atoms with Gasteiger partial charge in [0.1, 0.15) is 11.6 Å². The van der Waals surface area contributed by atoms with Gasteiger partial charge in [-0.3, -0.25) is 9.89 Å². The fourth-order valence-electron chi connectivity index (χ4n) is 3.60. The quantitative estimate of drug-likeness (QED) is 0.575. The van der Waals surface area contributed by atoms with Gasteiger partial charge < -0.3 is 15.8 Å². The van der Waals surface area contributed by atoms with Crippen molar-refractivity contribution in [3.05, 3.63) is 65.7 Å². The summed E-state index contributed by atoms with van der Waals surface area (Å²) < 4.78 is 18.9. The fraction of sp³-hybridized carbons (Fsp3) is 0.286. The van der Waals surface area contributed by atoms with Crippen molar-refractivity contribution in [2.75, 3.05) is 18.5 Å². The lowest BCUT2D eigenvalue weighted by Crippen LogP contribution is -2.44. The molecule has 1 aliphatic heterocycles. The Labute approximate surface area is 179 Å². The van der Waals surface area contributed by atoms with Gasteiger partial charge in [0.2, 0.25) is 5.91 Å². The van der Waals surface area contributed by atoms with Crippen LogP contribution in [0.15, 0.2) is 48.5 Å². The summed E-state index contributed by atoms with van der Waals surface area (Å²) in [5.74, 6) is 0.717. The first-order valence-electron chi connectivity index (χ1n) is 9.48. The average Bonchev–Trinajstić information content (AvgIpc) is 3.24. The number of amides is 1. The average molecular weight is 432 g/mol. The van der Waals surface area contributed by atoms with Crippen molar-refractivity contribution in [1.29, 1.82) is 0 Å². The number of hydrogen-bond acceptors (Lipinski definition) is 5. The lowest BCUT2D eigenvalue weighted by atomic mass is 9.73. The molecule has 1 saturated heterocycles. The number of ether oxygens (including phenoxy) is 1. The molecular formula is C21H23ClFN5O2. The largest absolute Gasteiger partial charge is 0.381 e. The molecule has 0 atom stereocenters. The third-order valence-corrected chi connectivity index (χ3v) is 5.30. The summed E-state index contributed by atoms with van der Waals surface area (Å²) in [6.07, 6.45) is 1.09. The van der Waals surface area contributed by atoms with Gasteiger partial charge in [0.05, 0.1) is 12.0 Å². The van der Waals surface area contributed by atoms with Crippen LogP contribution in [0.4, 0.5) is 10.1 Å². The van der Waals surface area contributed by atoms with Crippen LogP contribution in [-0.2, 0) is 21.5 Å². The van der Waals surface area contributed by atoms with Crippen molar-refractivity contribution >= 4 is 24.0 Å². The first-order valence-corrected chi connectivity index (χ1v) is 9.48. The minimum Gasteiger partial charge on any atom is -0.381 e. The Bertz CT molecular complexity index is 985. The molecule has 7 nitrogen and oxygen atoms in total. The van der Waals surface area contributed by atoms with E-state index in [1.165, 1.54) is 12.1 Å². The first kappa shape index (κ1) is 21.9. The first-order chi connectivity index (χ1) is 14.1. The van der Waals surface area contributed by atoms with Gasteiger partial charge in [-0.05, 0) is 54.8 Å². The Morgan fingerprint density at radius 1 is 1.13 bits per heavy atom. The summed E-state index contributed by atoms with van der Waals surface area (Å²) >= 11 is 0. The molecule has 0 aliphatic carbocycles. The Morgan fingerprint density at radius 3 is 2.40 bits per heavy atom. The molecule has 158 valence electrons. The number of aromatic amines is 1. The molecule has 0 radical (unpaired) electrons. The second kappa shape index (κ2) is 9.34. The van der Waals surface area contributed by atoms with Gasteiger partial charge in [-0.25, -0.2) is 9.37 Å². The van der Waals surface area contributed by atoms with Gasteiger partial charge >= 0.3 is 0 Å². The Morgan fingerprint density at radius 2 is 1.80 bits per heavy atom. The number of carbonyl (C=O) groups is 1. The number of anilines is 1. The third kappa shape index (κ3) is 4.35. The maximum absolute atomic E-state index is 13.4. The van der Waals surface area contributed by atoms with Gasteiger partial charge in [-0.1, -0.05) is 12.1 Å². The van der Waals surface area contributed by atoms with Crippen LogP contribution in [0.3, 0.4) is 0 Å². The van der Waals surface area contributed by atoms with Crippen LogP contribution in [0, 0.1) is 5.82 Å². The van der Waals surface area contributed by atoms with E-state index in [9.17, 15) is 9.18 Å². The summed E-state index contributed by atoms with van der Waals surface area (Å²) in [4.78, 5) is 17.6. The van der Waals surface area contributed by atoms with Crippen molar-refractivity contribution < 1.29 is 13.9 Å². The summed E-state index contributed by atoms with van der Waals surface area (Å²) in [5, 5.41) is 9.91. The van der Waals surface area contributed by atoms with E-state index in [1.807, 2.05) is 24.3 Å². The van der Waals surface area contributed by atoms with E-state index in [-0.39, 0.29) is 30.7 Å². The van der Waals surface area contributed by atoms with E-state index in [0.717, 1.165) is 11.1 Å². The predicted molar refractivity (Wildman–Crippen MR) is 114 cm³/mol. The number of carbonyl (C=O) groups excluding carboxylic acids is 1. The zero-order chi connectivity index (χ0) is 20.3. The molecule has 1 aromatic heterocycles. The number of nitrogens with two attached hydrogens (primary N) is 1. The van der Waals surface area contributed by atoms with Crippen LogP contribution >= 0.6 is 12.4 Å². The maximum atomic E-state index is 13.4. The summed E-state index contributed by atoms with van der Waals surface area (Å²) in [5.41, 5.74) is 7.09. The lowest BCUT2D eigenvalue weighted by Gasteiger charge is -2.36. The Balaban J connectivity index is 0.00000256. The van der Waals surface area contributed by atoms with Gasteiger partial charge in [0.15, 0.2) is 5.82 Å². The van der Waals surface area contributed by atoms with Crippen LogP contribution in [-0.4, -0.2) is 34.3 Å². The monoisotopic (exact) mass is 431 g/mol. The van der Waals surface area contributed by atoms with Gasteiger partial charge in [-0.2, -0.15) is 5.10 Å². The number of H-pyrrole nitrogens is 1. The van der Waals surface area contributed by atoms with Crippen LogP contribution in [0.2, 0.25) is 0 Å². The predicted octanol–water partition coefficient (Wildman–Crippen LogP) is 3.18. The highest BCUT2D eigenvalue weighted by Crippen LogP contribution is 2.36. The van der Waals surface area contributed by atoms with E-state index in [2.05, 4.69) is 20.5 Å². The second-order valence-corrected chi connectivity index (χ2v) is 7.04. The number of benzene rings is 2. The standard InChI is InChI=1S/C21H22FN5O2.ClH/c22-16-5-3-15(4-6-16)21(9-11-29-12-10-21)20(28)24-17-7-1-14(2-8-17)19-25-18(13-23)26-27-19;/h1-8H,9-13,23H2,(H,24,28)(H,25,26,27);1H. The van der Waals surface area contributed by atoms with Crippen molar-refractivity contribution in [2.45, 2.75) is 24.8 Å². The third-order valence-electron chi connectivity index (χ3n) is 5.30. The van der Waals surface area contributed by atoms with Gasteiger partial charge in [0, 0.05) is 24.5 Å². The van der Waals surface area contributed by atoms with E-state index in [4.69, 9.17) is 10.5 Å². The molecule has 0 spiro atoms. The van der Waals surface area contributed by atoms with Crippen molar-refractivity contribution in [3.8, 4) is 11.4 Å². The van der Waals surface area contributed by atoms with Crippen LogP contribution in [0.25, 0.3) is 11.4 Å². The van der Waals surface area contributed by atoms with Gasteiger partial charge in [-0.15, -0.1) is 12.4 Å². The molecule has 2 heterocycles. The molecule has 1 aliphatic rings. The number of hydrogen-bond donors (Lipinski definition) is 3. The SMILES string of the molecule is Cl.NCc1nc(-c2ccc(NC(=O)C3(c4ccc(F)cc4)CCOCC3)cc2)n[nH]1. The summed E-state index contributed by atoms with van der Waals surface area (Å²) in [7, 11) is 0. The number of aromatic nitrogens is 3. The van der Waals surface area contributed by atoms with Gasteiger partial charge in [0.25, 0.3) is 0 Å².